The number of aromatic nitrogens is 1. The van der Waals surface area contributed by atoms with Crippen LogP contribution in [0, 0.1) is 12.8 Å². The van der Waals surface area contributed by atoms with Crippen LogP contribution >= 0.6 is 11.3 Å². The number of aliphatic hydroxyl groups is 1. The van der Waals surface area contributed by atoms with Gasteiger partial charge in [0.25, 0.3) is 0 Å². The normalized spacial score (nSPS) is 13.8. The molecule has 0 aliphatic rings. The van der Waals surface area contributed by atoms with E-state index >= 15 is 0 Å². The van der Waals surface area contributed by atoms with Gasteiger partial charge >= 0.3 is 12.0 Å². The first-order chi connectivity index (χ1) is 9.61. The first-order valence-electron chi connectivity index (χ1n) is 6.58. The summed E-state index contributed by atoms with van der Waals surface area (Å²) in [4.78, 5) is 26.9. The first kappa shape index (κ1) is 17.4. The SMILES string of the molecule is Cc1nc(CC(C)C)c(NC(=O)NCC(C)(O)C(=O)O)s1. The van der Waals surface area contributed by atoms with Crippen LogP contribution in [0.3, 0.4) is 0 Å². The molecule has 2 amide bonds. The third-order valence-corrected chi connectivity index (χ3v) is 3.62. The van der Waals surface area contributed by atoms with Gasteiger partial charge < -0.3 is 15.5 Å². The number of carbonyl (C=O) groups excluding carboxylic acids is 1. The number of anilines is 1. The Morgan fingerprint density at radius 1 is 1.43 bits per heavy atom. The Morgan fingerprint density at radius 3 is 2.57 bits per heavy atom. The number of hydrogen-bond acceptors (Lipinski definition) is 5. The fourth-order valence-corrected chi connectivity index (χ4v) is 2.41. The average Bonchev–Trinajstić information content (AvgIpc) is 2.66. The number of carboxylic acids is 1. The van der Waals surface area contributed by atoms with Gasteiger partial charge in [-0.15, -0.1) is 11.3 Å². The van der Waals surface area contributed by atoms with Gasteiger partial charge in [0, 0.05) is 0 Å². The number of thiazole rings is 1. The van der Waals surface area contributed by atoms with E-state index in [1.807, 2.05) is 6.92 Å². The molecule has 0 saturated heterocycles. The van der Waals surface area contributed by atoms with Gasteiger partial charge in [-0.05, 0) is 26.2 Å². The van der Waals surface area contributed by atoms with Crippen molar-refractivity contribution in [3.8, 4) is 0 Å². The quantitative estimate of drug-likeness (QED) is 0.637. The van der Waals surface area contributed by atoms with Crippen molar-refractivity contribution in [2.24, 2.45) is 5.92 Å². The van der Waals surface area contributed by atoms with E-state index in [2.05, 4.69) is 29.5 Å². The van der Waals surface area contributed by atoms with Gasteiger partial charge in [0.1, 0.15) is 5.00 Å². The zero-order valence-corrected chi connectivity index (χ0v) is 13.4. The largest absolute Gasteiger partial charge is 0.479 e. The number of amides is 2. The van der Waals surface area contributed by atoms with Crippen LogP contribution in [0.4, 0.5) is 9.80 Å². The number of carboxylic acid groups (broad SMARTS) is 1. The number of urea groups is 1. The monoisotopic (exact) mass is 315 g/mol. The third kappa shape index (κ3) is 5.31. The molecule has 8 heteroatoms. The predicted octanol–water partition coefficient (Wildman–Crippen LogP) is 1.61. The van der Waals surface area contributed by atoms with Crippen LogP contribution < -0.4 is 10.6 Å². The Kier molecular flexibility index (Phi) is 5.68. The Morgan fingerprint density at radius 2 is 2.05 bits per heavy atom. The molecule has 0 aliphatic heterocycles. The van der Waals surface area contributed by atoms with Crippen molar-refractivity contribution in [2.45, 2.75) is 39.7 Å². The highest BCUT2D eigenvalue weighted by Crippen LogP contribution is 2.26. The lowest BCUT2D eigenvalue weighted by atomic mass is 10.1. The summed E-state index contributed by atoms with van der Waals surface area (Å²) in [5.74, 6) is -0.986. The lowest BCUT2D eigenvalue weighted by Gasteiger charge is -2.18. The summed E-state index contributed by atoms with van der Waals surface area (Å²) in [5.41, 5.74) is -1.19. The van der Waals surface area contributed by atoms with Crippen molar-refractivity contribution in [3.05, 3.63) is 10.7 Å². The van der Waals surface area contributed by atoms with Crippen LogP contribution in [-0.4, -0.2) is 39.3 Å². The van der Waals surface area contributed by atoms with E-state index in [4.69, 9.17) is 5.11 Å². The van der Waals surface area contributed by atoms with Crippen molar-refractivity contribution in [1.29, 1.82) is 0 Å². The number of aliphatic carboxylic acids is 1. The van der Waals surface area contributed by atoms with E-state index in [1.54, 1.807) is 0 Å². The number of aryl methyl sites for hydroxylation is 1. The van der Waals surface area contributed by atoms with E-state index in [0.717, 1.165) is 24.0 Å². The van der Waals surface area contributed by atoms with E-state index in [-0.39, 0.29) is 6.54 Å². The molecular weight excluding hydrogens is 294 g/mol. The minimum absolute atomic E-state index is 0.383. The lowest BCUT2D eigenvalue weighted by Crippen LogP contribution is -2.47. The second-order valence-corrected chi connectivity index (χ2v) is 6.70. The molecule has 4 N–H and O–H groups in total. The molecule has 0 aliphatic carbocycles. The molecule has 0 spiro atoms. The van der Waals surface area contributed by atoms with Gasteiger partial charge in [-0.25, -0.2) is 14.6 Å². The minimum Gasteiger partial charge on any atom is -0.479 e. The maximum absolute atomic E-state index is 11.8. The summed E-state index contributed by atoms with van der Waals surface area (Å²) in [6.07, 6.45) is 0.743. The highest BCUT2D eigenvalue weighted by Gasteiger charge is 2.30. The fourth-order valence-electron chi connectivity index (χ4n) is 1.57. The van der Waals surface area contributed by atoms with Crippen LogP contribution in [0.25, 0.3) is 0 Å². The third-order valence-electron chi connectivity index (χ3n) is 2.69. The number of hydrogen-bond donors (Lipinski definition) is 4. The summed E-state index contributed by atoms with van der Waals surface area (Å²) in [6.45, 7) is 6.71. The second kappa shape index (κ2) is 6.86. The molecule has 1 unspecified atom stereocenters. The van der Waals surface area contributed by atoms with Gasteiger partial charge in [0.2, 0.25) is 0 Å². The van der Waals surface area contributed by atoms with Crippen LogP contribution in [0.5, 0.6) is 0 Å². The lowest BCUT2D eigenvalue weighted by molar-refractivity contribution is -0.155. The topological polar surface area (TPSA) is 112 Å². The molecule has 1 aromatic heterocycles. The molecule has 0 aromatic carbocycles. The van der Waals surface area contributed by atoms with Crippen LogP contribution in [-0.2, 0) is 11.2 Å². The summed E-state index contributed by atoms with van der Waals surface area (Å²) < 4.78 is 0. The molecule has 21 heavy (non-hydrogen) atoms. The maximum Gasteiger partial charge on any atom is 0.337 e. The van der Waals surface area contributed by atoms with Crippen LogP contribution in [0.1, 0.15) is 31.5 Å². The van der Waals surface area contributed by atoms with Crippen molar-refractivity contribution in [1.82, 2.24) is 10.3 Å². The summed E-state index contributed by atoms with van der Waals surface area (Å²) in [7, 11) is 0. The summed E-state index contributed by atoms with van der Waals surface area (Å²) in [6, 6.07) is -0.565. The number of carbonyl (C=O) groups is 2. The Bertz CT molecular complexity index is 525. The van der Waals surface area contributed by atoms with E-state index in [9.17, 15) is 14.7 Å². The van der Waals surface area contributed by atoms with Gasteiger partial charge in [-0.1, -0.05) is 13.8 Å². The molecule has 1 heterocycles. The zero-order chi connectivity index (χ0) is 16.2. The average molecular weight is 315 g/mol. The first-order valence-corrected chi connectivity index (χ1v) is 7.40. The van der Waals surface area contributed by atoms with Crippen molar-refractivity contribution in [3.63, 3.8) is 0 Å². The summed E-state index contributed by atoms with van der Waals surface area (Å²) in [5, 5.41) is 24.8. The number of rotatable bonds is 6. The molecule has 1 aromatic rings. The van der Waals surface area contributed by atoms with Crippen molar-refractivity contribution >= 4 is 28.3 Å². The molecule has 118 valence electrons. The number of nitrogens with zero attached hydrogens (tertiary/aromatic N) is 1. The van der Waals surface area contributed by atoms with E-state index in [1.165, 1.54) is 11.3 Å². The molecule has 0 radical (unpaired) electrons. The molecular formula is C13H21N3O4S. The maximum atomic E-state index is 11.8. The standard InChI is InChI=1S/C13H21N3O4S/c1-7(2)5-9-10(21-8(3)15-9)16-12(19)14-6-13(4,20)11(17)18/h7,20H,5-6H2,1-4H3,(H,17,18)(H2,14,16,19). The molecule has 0 saturated carbocycles. The molecule has 7 nitrogen and oxygen atoms in total. The van der Waals surface area contributed by atoms with Crippen molar-refractivity contribution in [2.75, 3.05) is 11.9 Å². The van der Waals surface area contributed by atoms with E-state index in [0.29, 0.717) is 10.9 Å². The molecule has 1 atom stereocenters. The highest BCUT2D eigenvalue weighted by molar-refractivity contribution is 7.16. The van der Waals surface area contributed by atoms with Crippen LogP contribution in [0.15, 0.2) is 0 Å². The molecule has 0 fully saturated rings. The van der Waals surface area contributed by atoms with Crippen LogP contribution in [0.2, 0.25) is 0 Å². The Balaban J connectivity index is 2.65. The summed E-state index contributed by atoms with van der Waals surface area (Å²) >= 11 is 1.36. The van der Waals surface area contributed by atoms with Crippen molar-refractivity contribution < 1.29 is 19.8 Å². The Hall–Kier alpha value is -1.67. The van der Waals surface area contributed by atoms with Gasteiger partial charge in [0.05, 0.1) is 17.2 Å². The number of nitrogens with one attached hydrogen (secondary N) is 2. The second-order valence-electron chi connectivity index (χ2n) is 5.49. The fraction of sp³-hybridized carbons (Fsp3) is 0.615. The minimum atomic E-state index is -2.00. The zero-order valence-electron chi connectivity index (χ0n) is 12.6. The van der Waals surface area contributed by atoms with Gasteiger partial charge in [-0.2, -0.15) is 0 Å². The Labute approximate surface area is 127 Å². The highest BCUT2D eigenvalue weighted by atomic mass is 32.1. The smallest absolute Gasteiger partial charge is 0.337 e. The van der Waals surface area contributed by atoms with Gasteiger partial charge in [-0.3, -0.25) is 5.32 Å². The molecule has 0 bridgehead atoms. The van der Waals surface area contributed by atoms with Gasteiger partial charge in [0.15, 0.2) is 5.60 Å². The predicted molar refractivity (Wildman–Crippen MR) is 80.7 cm³/mol. The molecule has 1 rings (SSSR count). The van der Waals surface area contributed by atoms with E-state index < -0.39 is 17.6 Å².